The molecule has 0 N–H and O–H groups in total. The molecule has 1 aromatic carbocycles. The summed E-state index contributed by atoms with van der Waals surface area (Å²) in [6, 6.07) is 11.0. The van der Waals surface area contributed by atoms with Gasteiger partial charge >= 0.3 is 0 Å². The number of para-hydroxylation sites is 1. The first-order valence-corrected chi connectivity index (χ1v) is 7.49. The smallest absolute Gasteiger partial charge is 0.227 e. The summed E-state index contributed by atoms with van der Waals surface area (Å²) in [5.41, 5.74) is 1.40. The molecular formula is C15H13N3O2S. The van der Waals surface area contributed by atoms with Gasteiger partial charge < -0.3 is 4.74 Å². The molecule has 2 aromatic heterocycles. The van der Waals surface area contributed by atoms with E-state index >= 15 is 0 Å². The fourth-order valence-electron chi connectivity index (χ4n) is 2.03. The van der Waals surface area contributed by atoms with Crippen molar-refractivity contribution in [3.8, 4) is 5.88 Å². The Kier molecular flexibility index (Phi) is 3.62. The van der Waals surface area contributed by atoms with E-state index in [-0.39, 0.29) is 5.16 Å². The van der Waals surface area contributed by atoms with Crippen LogP contribution in [0.2, 0.25) is 0 Å². The van der Waals surface area contributed by atoms with E-state index in [9.17, 15) is 4.21 Å². The fourth-order valence-corrected chi connectivity index (χ4v) is 3.17. The zero-order valence-electron chi connectivity index (χ0n) is 11.6. The standard InChI is InChI=1S/C15H13N3O2S/c1-10-9-13(20-2)18-15(17-10)21(19)12-7-3-5-11-6-4-8-16-14(11)12/h3-9H,1-2H3. The van der Waals surface area contributed by atoms with Crippen LogP contribution in [0.3, 0.4) is 0 Å². The van der Waals surface area contributed by atoms with E-state index in [2.05, 4.69) is 15.0 Å². The summed E-state index contributed by atoms with van der Waals surface area (Å²) in [4.78, 5) is 13.3. The maximum Gasteiger partial charge on any atom is 0.227 e. The topological polar surface area (TPSA) is 65.0 Å². The minimum absolute atomic E-state index is 0.227. The lowest BCUT2D eigenvalue weighted by Gasteiger charge is -2.07. The van der Waals surface area contributed by atoms with Gasteiger partial charge in [0, 0.05) is 23.3 Å². The Morgan fingerprint density at radius 3 is 2.76 bits per heavy atom. The zero-order chi connectivity index (χ0) is 14.8. The average Bonchev–Trinajstić information content (AvgIpc) is 2.53. The summed E-state index contributed by atoms with van der Waals surface area (Å²) < 4.78 is 17.9. The van der Waals surface area contributed by atoms with Crippen molar-refractivity contribution in [3.05, 3.63) is 48.3 Å². The molecule has 0 fully saturated rings. The Bertz CT molecular complexity index is 831. The molecule has 2 heterocycles. The van der Waals surface area contributed by atoms with Crippen molar-refractivity contribution < 1.29 is 8.95 Å². The quantitative estimate of drug-likeness (QED) is 0.695. The Balaban J connectivity index is 2.15. The van der Waals surface area contributed by atoms with Crippen molar-refractivity contribution in [1.29, 1.82) is 0 Å². The molecule has 3 aromatic rings. The lowest BCUT2D eigenvalue weighted by molar-refractivity contribution is 0.391. The Labute approximate surface area is 124 Å². The van der Waals surface area contributed by atoms with Gasteiger partial charge in [-0.25, -0.2) is 9.19 Å². The number of benzene rings is 1. The van der Waals surface area contributed by atoms with Gasteiger partial charge in [0.2, 0.25) is 11.0 Å². The summed E-state index contributed by atoms with van der Waals surface area (Å²) >= 11 is 0. The molecule has 0 aliphatic rings. The number of aromatic nitrogens is 3. The third-order valence-electron chi connectivity index (χ3n) is 2.98. The number of ether oxygens (including phenoxy) is 1. The average molecular weight is 299 g/mol. The van der Waals surface area contributed by atoms with Crippen LogP contribution in [0.1, 0.15) is 5.69 Å². The van der Waals surface area contributed by atoms with Gasteiger partial charge in [0.25, 0.3) is 0 Å². The monoisotopic (exact) mass is 299 g/mol. The number of methoxy groups -OCH3 is 1. The number of aryl methyl sites for hydroxylation is 1. The normalized spacial score (nSPS) is 12.3. The second-order valence-electron chi connectivity index (χ2n) is 4.43. The minimum Gasteiger partial charge on any atom is -0.481 e. The number of nitrogens with zero attached hydrogens (tertiary/aromatic N) is 3. The van der Waals surface area contributed by atoms with Gasteiger partial charge in [0.05, 0.1) is 17.5 Å². The summed E-state index contributed by atoms with van der Waals surface area (Å²) in [5, 5.41) is 1.16. The maximum absolute atomic E-state index is 12.8. The SMILES string of the molecule is COc1cc(C)nc(S(=O)c2cccc3cccnc23)n1. The van der Waals surface area contributed by atoms with E-state index in [1.807, 2.05) is 31.2 Å². The third kappa shape index (κ3) is 2.62. The number of hydrogen-bond acceptors (Lipinski definition) is 5. The van der Waals surface area contributed by atoms with Crippen LogP contribution in [0.15, 0.2) is 52.6 Å². The lowest BCUT2D eigenvalue weighted by atomic mass is 10.2. The molecule has 3 rings (SSSR count). The van der Waals surface area contributed by atoms with E-state index in [1.165, 1.54) is 7.11 Å². The van der Waals surface area contributed by atoms with Gasteiger partial charge in [-0.05, 0) is 19.1 Å². The van der Waals surface area contributed by atoms with Crippen molar-refractivity contribution in [1.82, 2.24) is 15.0 Å². The van der Waals surface area contributed by atoms with Gasteiger partial charge in [-0.3, -0.25) is 4.98 Å². The molecule has 6 heteroatoms. The van der Waals surface area contributed by atoms with E-state index in [4.69, 9.17) is 4.74 Å². The molecule has 0 aliphatic heterocycles. The lowest BCUT2D eigenvalue weighted by Crippen LogP contribution is -2.04. The summed E-state index contributed by atoms with van der Waals surface area (Å²) in [6.07, 6.45) is 1.68. The van der Waals surface area contributed by atoms with Crippen LogP contribution in [0, 0.1) is 6.92 Å². The highest BCUT2D eigenvalue weighted by molar-refractivity contribution is 7.85. The Morgan fingerprint density at radius 1 is 1.14 bits per heavy atom. The molecule has 0 bridgehead atoms. The van der Waals surface area contributed by atoms with Gasteiger partial charge in [-0.2, -0.15) is 4.98 Å². The molecule has 0 saturated heterocycles. The first-order valence-electron chi connectivity index (χ1n) is 6.34. The second kappa shape index (κ2) is 5.57. The highest BCUT2D eigenvalue weighted by Crippen LogP contribution is 2.23. The molecular weight excluding hydrogens is 286 g/mol. The third-order valence-corrected chi connectivity index (χ3v) is 4.22. The van der Waals surface area contributed by atoms with Crippen LogP contribution in [-0.2, 0) is 10.8 Å². The highest BCUT2D eigenvalue weighted by atomic mass is 32.2. The van der Waals surface area contributed by atoms with Gasteiger partial charge in [0.15, 0.2) is 0 Å². The summed E-state index contributed by atoms with van der Waals surface area (Å²) in [6.45, 7) is 1.81. The molecule has 0 spiro atoms. The van der Waals surface area contributed by atoms with E-state index < -0.39 is 10.8 Å². The van der Waals surface area contributed by atoms with Gasteiger partial charge in [-0.1, -0.05) is 18.2 Å². The summed E-state index contributed by atoms with van der Waals surface area (Å²) in [7, 11) is 0.0135. The minimum atomic E-state index is -1.51. The molecule has 0 amide bonds. The molecule has 106 valence electrons. The van der Waals surface area contributed by atoms with Crippen LogP contribution >= 0.6 is 0 Å². The first kappa shape index (κ1) is 13.6. The Morgan fingerprint density at radius 2 is 1.95 bits per heavy atom. The molecule has 21 heavy (non-hydrogen) atoms. The van der Waals surface area contributed by atoms with Gasteiger partial charge in [-0.15, -0.1) is 0 Å². The fraction of sp³-hybridized carbons (Fsp3) is 0.133. The largest absolute Gasteiger partial charge is 0.481 e. The van der Waals surface area contributed by atoms with Crippen molar-refractivity contribution >= 4 is 21.7 Å². The van der Waals surface area contributed by atoms with E-state index in [1.54, 1.807) is 18.3 Å². The van der Waals surface area contributed by atoms with Crippen LogP contribution < -0.4 is 4.74 Å². The molecule has 1 atom stereocenters. The molecule has 1 unspecified atom stereocenters. The first-order chi connectivity index (χ1) is 10.2. The van der Waals surface area contributed by atoms with Crippen LogP contribution in [0.25, 0.3) is 10.9 Å². The number of rotatable bonds is 3. The van der Waals surface area contributed by atoms with Crippen LogP contribution in [-0.4, -0.2) is 26.3 Å². The summed E-state index contributed by atoms with van der Waals surface area (Å²) in [5.74, 6) is 0.402. The van der Waals surface area contributed by atoms with Crippen molar-refractivity contribution in [2.75, 3.05) is 7.11 Å². The predicted molar refractivity (Wildman–Crippen MR) is 79.7 cm³/mol. The number of fused-ring (bicyclic) bond motifs is 1. The highest BCUT2D eigenvalue weighted by Gasteiger charge is 2.16. The maximum atomic E-state index is 12.8. The zero-order valence-corrected chi connectivity index (χ0v) is 12.4. The Hall–Kier alpha value is -2.34. The molecule has 0 saturated carbocycles. The van der Waals surface area contributed by atoms with Crippen molar-refractivity contribution in [2.24, 2.45) is 0 Å². The van der Waals surface area contributed by atoms with E-state index in [0.29, 0.717) is 22.0 Å². The van der Waals surface area contributed by atoms with Gasteiger partial charge in [0.1, 0.15) is 10.8 Å². The second-order valence-corrected chi connectivity index (χ2v) is 5.78. The van der Waals surface area contributed by atoms with Crippen LogP contribution in [0.4, 0.5) is 0 Å². The molecule has 0 aliphatic carbocycles. The van der Waals surface area contributed by atoms with Crippen molar-refractivity contribution in [3.63, 3.8) is 0 Å². The molecule has 0 radical (unpaired) electrons. The predicted octanol–water partition coefficient (Wildman–Crippen LogP) is 2.51. The molecule has 5 nitrogen and oxygen atoms in total. The van der Waals surface area contributed by atoms with E-state index in [0.717, 1.165) is 5.39 Å². The number of hydrogen-bond donors (Lipinski definition) is 0. The number of pyridine rings is 1. The van der Waals surface area contributed by atoms with Crippen molar-refractivity contribution in [2.45, 2.75) is 17.0 Å². The van der Waals surface area contributed by atoms with Crippen LogP contribution in [0.5, 0.6) is 5.88 Å².